The summed E-state index contributed by atoms with van der Waals surface area (Å²) >= 11 is 7.53. The molecule has 0 unspecified atom stereocenters. The van der Waals surface area contributed by atoms with Gasteiger partial charge in [-0.1, -0.05) is 0 Å². The number of thiol groups is 2. The fourth-order valence-electron chi connectivity index (χ4n) is 0.243. The predicted molar refractivity (Wildman–Crippen MR) is 62.7 cm³/mol. The van der Waals surface area contributed by atoms with E-state index in [0.29, 0.717) is 0 Å². The first-order valence-corrected chi connectivity index (χ1v) is 3.56. The third-order valence-electron chi connectivity index (χ3n) is 0.818. The second-order valence-electron chi connectivity index (χ2n) is 1.50. The van der Waals surface area contributed by atoms with Crippen LogP contribution in [0.25, 0.3) is 0 Å². The zero-order chi connectivity index (χ0) is 6.57. The van der Waals surface area contributed by atoms with Gasteiger partial charge >= 0.3 is 0 Å². The van der Waals surface area contributed by atoms with Gasteiger partial charge in [0.25, 0.3) is 0 Å². The molecule has 0 saturated heterocycles. The third-order valence-corrected chi connectivity index (χ3v) is 1.57. The quantitative estimate of drug-likeness (QED) is 0.345. The first kappa shape index (κ1) is 30.0. The summed E-state index contributed by atoms with van der Waals surface area (Å²) in [5.74, 6) is 0.559. The van der Waals surface area contributed by atoms with Gasteiger partial charge < -0.3 is 10.2 Å². The Kier molecular flexibility index (Phi) is 52.5. The second kappa shape index (κ2) is 21.0. The van der Waals surface area contributed by atoms with Crippen LogP contribution in [-0.4, -0.2) is 152 Å². The minimum atomic E-state index is -0.740. The molecule has 0 aromatic heterocycles. The van der Waals surface area contributed by atoms with Crippen LogP contribution in [0, 0.1) is 0 Å². The molecular weight excluding hydrogens is 236 g/mol. The summed E-state index contributed by atoms with van der Waals surface area (Å²) in [6, 6.07) is 0. The SMILES string of the molecule is O[C@H](CS)[C@H](O)CS.[Na].[Na].[Na].[Na]. The standard InChI is InChI=1S/C4H10O2S2.4Na/c5-3(1-7)4(6)2-8;;;;/h3-8H,1-2H2;;;;/t3-,4-;;;;/m1..../s1. The molecule has 0 fully saturated rings. The number of hydrogen-bond acceptors (Lipinski definition) is 4. The molecule has 0 aliphatic heterocycles. The largest absolute Gasteiger partial charge is 0.390 e. The van der Waals surface area contributed by atoms with Crippen molar-refractivity contribution in [2.24, 2.45) is 0 Å². The van der Waals surface area contributed by atoms with E-state index >= 15 is 0 Å². The molecule has 0 aliphatic rings. The average Bonchev–Trinajstić information content (AvgIpc) is 1.84. The van der Waals surface area contributed by atoms with Gasteiger partial charge in [-0.3, -0.25) is 0 Å². The van der Waals surface area contributed by atoms with Gasteiger partial charge in [-0.25, -0.2) is 0 Å². The third kappa shape index (κ3) is 17.0. The average molecular weight is 246 g/mol. The van der Waals surface area contributed by atoms with Gasteiger partial charge in [-0.15, -0.1) is 0 Å². The molecule has 0 spiro atoms. The van der Waals surface area contributed by atoms with Gasteiger partial charge in [-0.2, -0.15) is 25.3 Å². The van der Waals surface area contributed by atoms with Crippen molar-refractivity contribution in [1.29, 1.82) is 0 Å². The number of aliphatic hydroxyl groups is 2. The summed E-state index contributed by atoms with van der Waals surface area (Å²) < 4.78 is 0. The van der Waals surface area contributed by atoms with Crippen molar-refractivity contribution in [3.8, 4) is 0 Å². The Morgan fingerprint density at radius 1 is 0.750 bits per heavy atom. The van der Waals surface area contributed by atoms with Crippen LogP contribution in [0.3, 0.4) is 0 Å². The minimum absolute atomic E-state index is 0. The number of rotatable bonds is 3. The molecule has 2 nitrogen and oxygen atoms in total. The summed E-state index contributed by atoms with van der Waals surface area (Å²) in [4.78, 5) is 0. The van der Waals surface area contributed by atoms with E-state index in [1.54, 1.807) is 0 Å². The first-order valence-electron chi connectivity index (χ1n) is 2.30. The van der Waals surface area contributed by atoms with Gasteiger partial charge in [0.1, 0.15) is 0 Å². The van der Waals surface area contributed by atoms with Crippen LogP contribution in [0.15, 0.2) is 0 Å². The van der Waals surface area contributed by atoms with Crippen molar-refractivity contribution in [3.05, 3.63) is 0 Å². The van der Waals surface area contributed by atoms with Crippen molar-refractivity contribution in [1.82, 2.24) is 0 Å². The van der Waals surface area contributed by atoms with Crippen molar-refractivity contribution >= 4 is 143 Å². The summed E-state index contributed by atoms with van der Waals surface area (Å²) in [5, 5.41) is 17.5. The molecule has 4 radical (unpaired) electrons. The van der Waals surface area contributed by atoms with Crippen LogP contribution in [0.4, 0.5) is 0 Å². The minimum Gasteiger partial charge on any atom is -0.390 e. The molecule has 8 heteroatoms. The number of hydrogen-bond donors (Lipinski definition) is 4. The van der Waals surface area contributed by atoms with E-state index < -0.39 is 12.2 Å². The first-order chi connectivity index (χ1) is 3.72. The maximum atomic E-state index is 8.75. The molecule has 0 aromatic rings. The Labute approximate surface area is 173 Å². The maximum Gasteiger partial charge on any atom is 0.0894 e. The van der Waals surface area contributed by atoms with Crippen LogP contribution in [0.1, 0.15) is 0 Å². The molecule has 0 rings (SSSR count). The van der Waals surface area contributed by atoms with Gasteiger partial charge in [0.2, 0.25) is 0 Å². The van der Waals surface area contributed by atoms with E-state index in [2.05, 4.69) is 25.3 Å². The van der Waals surface area contributed by atoms with Crippen LogP contribution in [0.5, 0.6) is 0 Å². The molecule has 0 heterocycles. The van der Waals surface area contributed by atoms with E-state index in [-0.39, 0.29) is 130 Å². The normalized spacial score (nSPS) is 12.0. The second-order valence-corrected chi connectivity index (χ2v) is 2.23. The zero-order valence-electron chi connectivity index (χ0n) is 8.36. The van der Waals surface area contributed by atoms with Gasteiger partial charge in [0.05, 0.1) is 12.2 Å². The van der Waals surface area contributed by atoms with Crippen molar-refractivity contribution in [2.45, 2.75) is 12.2 Å². The Bertz CT molecular complexity index is 63.0. The van der Waals surface area contributed by atoms with Gasteiger partial charge in [-0.05, 0) is 0 Å². The van der Waals surface area contributed by atoms with Crippen molar-refractivity contribution in [3.63, 3.8) is 0 Å². The predicted octanol–water partition coefficient (Wildman–Crippen LogP) is -1.96. The van der Waals surface area contributed by atoms with Crippen LogP contribution >= 0.6 is 25.3 Å². The Hall–Kier alpha value is 4.62. The summed E-state index contributed by atoms with van der Waals surface area (Å²) in [5.41, 5.74) is 0. The summed E-state index contributed by atoms with van der Waals surface area (Å²) in [6.07, 6.45) is -1.48. The van der Waals surface area contributed by atoms with Crippen molar-refractivity contribution < 1.29 is 10.2 Å². The maximum absolute atomic E-state index is 8.75. The van der Waals surface area contributed by atoms with E-state index in [9.17, 15) is 0 Å². The topological polar surface area (TPSA) is 40.5 Å². The fourth-order valence-corrected chi connectivity index (χ4v) is 0.730. The molecule has 2 atom stereocenters. The Balaban J connectivity index is -0.0000000408. The monoisotopic (exact) mass is 246 g/mol. The summed E-state index contributed by atoms with van der Waals surface area (Å²) in [6.45, 7) is 0. The molecule has 0 aromatic carbocycles. The van der Waals surface area contributed by atoms with E-state index in [4.69, 9.17) is 10.2 Å². The van der Waals surface area contributed by atoms with Crippen LogP contribution in [0.2, 0.25) is 0 Å². The summed E-state index contributed by atoms with van der Waals surface area (Å²) in [7, 11) is 0. The molecule has 12 heavy (non-hydrogen) atoms. The Morgan fingerprint density at radius 3 is 1.00 bits per heavy atom. The molecule has 0 amide bonds. The zero-order valence-corrected chi connectivity index (χ0v) is 18.1. The fraction of sp³-hybridized carbons (Fsp3) is 1.00. The van der Waals surface area contributed by atoms with Gasteiger partial charge in [0, 0.05) is 130 Å². The molecular formula is C4H10Na4O2S2. The molecule has 0 saturated carbocycles. The molecule has 54 valence electrons. The Morgan fingerprint density at radius 2 is 0.917 bits per heavy atom. The van der Waals surface area contributed by atoms with E-state index in [1.807, 2.05) is 0 Å². The molecule has 0 bridgehead atoms. The molecule has 0 aliphatic carbocycles. The van der Waals surface area contributed by atoms with E-state index in [1.165, 1.54) is 0 Å². The van der Waals surface area contributed by atoms with Gasteiger partial charge in [0.15, 0.2) is 0 Å². The van der Waals surface area contributed by atoms with Crippen molar-refractivity contribution in [2.75, 3.05) is 11.5 Å². The van der Waals surface area contributed by atoms with Crippen LogP contribution < -0.4 is 0 Å². The van der Waals surface area contributed by atoms with Crippen LogP contribution in [-0.2, 0) is 0 Å². The smallest absolute Gasteiger partial charge is 0.0894 e. The molecule has 2 N–H and O–H groups in total. The number of aliphatic hydroxyl groups excluding tert-OH is 2. The van der Waals surface area contributed by atoms with E-state index in [0.717, 1.165) is 0 Å².